The summed E-state index contributed by atoms with van der Waals surface area (Å²) in [5.41, 5.74) is 2.56. The Morgan fingerprint density at radius 3 is 2.93 bits per heavy atom. The zero-order valence-electron chi connectivity index (χ0n) is 8.45. The zero-order valence-corrected chi connectivity index (χ0v) is 9.27. The van der Waals surface area contributed by atoms with E-state index in [9.17, 15) is 0 Å². The van der Waals surface area contributed by atoms with Crippen molar-refractivity contribution in [1.29, 1.82) is 0 Å². The van der Waals surface area contributed by atoms with E-state index in [0.29, 0.717) is 0 Å². The van der Waals surface area contributed by atoms with Crippen LogP contribution in [0.1, 0.15) is 6.92 Å². The molecular formula is C11H14N2S. The molecule has 0 aliphatic heterocycles. The Bertz CT molecular complexity index is 414. The molecule has 0 fully saturated rings. The third-order valence-electron chi connectivity index (χ3n) is 2.22. The molecule has 0 spiro atoms. The molecule has 0 unspecified atom stereocenters. The summed E-state index contributed by atoms with van der Waals surface area (Å²) in [5, 5.41) is 6.76. The number of aryl methyl sites for hydroxylation is 1. The quantitative estimate of drug-likeness (QED) is 0.816. The SMILES string of the molecule is CCNc1sccc1-c1cccn1C. The number of thiophene rings is 1. The van der Waals surface area contributed by atoms with Crippen LogP contribution in [-0.4, -0.2) is 11.1 Å². The third-order valence-corrected chi connectivity index (χ3v) is 3.09. The number of nitrogens with zero attached hydrogens (tertiary/aromatic N) is 1. The minimum absolute atomic E-state index is 0.970. The summed E-state index contributed by atoms with van der Waals surface area (Å²) in [6.07, 6.45) is 2.07. The lowest BCUT2D eigenvalue weighted by Crippen LogP contribution is -1.96. The first-order chi connectivity index (χ1) is 6.83. The Hall–Kier alpha value is -1.22. The van der Waals surface area contributed by atoms with Gasteiger partial charge in [0, 0.05) is 25.4 Å². The average Bonchev–Trinajstić information content (AvgIpc) is 2.74. The minimum atomic E-state index is 0.970. The largest absolute Gasteiger partial charge is 0.377 e. The van der Waals surface area contributed by atoms with Crippen molar-refractivity contribution in [2.45, 2.75) is 6.92 Å². The van der Waals surface area contributed by atoms with Crippen molar-refractivity contribution in [1.82, 2.24) is 4.57 Å². The summed E-state index contributed by atoms with van der Waals surface area (Å²) in [6.45, 7) is 3.09. The second-order valence-corrected chi connectivity index (χ2v) is 4.11. The molecule has 0 aliphatic carbocycles. The lowest BCUT2D eigenvalue weighted by molar-refractivity contribution is 0.937. The molecule has 0 aromatic carbocycles. The molecule has 2 heterocycles. The Labute approximate surface area is 88.2 Å². The smallest absolute Gasteiger partial charge is 0.0977 e. The molecule has 0 saturated carbocycles. The molecule has 74 valence electrons. The second kappa shape index (κ2) is 3.88. The van der Waals surface area contributed by atoms with E-state index in [0.717, 1.165) is 6.54 Å². The highest BCUT2D eigenvalue weighted by Crippen LogP contribution is 2.32. The van der Waals surface area contributed by atoms with Crippen molar-refractivity contribution in [2.75, 3.05) is 11.9 Å². The van der Waals surface area contributed by atoms with Gasteiger partial charge in [0.2, 0.25) is 0 Å². The molecule has 2 aromatic rings. The van der Waals surface area contributed by atoms with E-state index in [1.165, 1.54) is 16.3 Å². The number of hydrogen-bond acceptors (Lipinski definition) is 2. The number of nitrogens with one attached hydrogen (secondary N) is 1. The molecule has 3 heteroatoms. The van der Waals surface area contributed by atoms with E-state index in [1.54, 1.807) is 11.3 Å². The minimum Gasteiger partial charge on any atom is -0.377 e. The molecule has 0 radical (unpaired) electrons. The van der Waals surface area contributed by atoms with Crippen molar-refractivity contribution in [3.8, 4) is 11.3 Å². The molecule has 2 rings (SSSR count). The van der Waals surface area contributed by atoms with Crippen LogP contribution in [0.25, 0.3) is 11.3 Å². The fraction of sp³-hybridized carbons (Fsp3) is 0.273. The van der Waals surface area contributed by atoms with Crippen LogP contribution < -0.4 is 5.32 Å². The zero-order chi connectivity index (χ0) is 9.97. The molecule has 0 atom stereocenters. The molecule has 0 saturated heterocycles. The number of aromatic nitrogens is 1. The van der Waals surface area contributed by atoms with Crippen LogP contribution in [0.2, 0.25) is 0 Å². The first-order valence-corrected chi connectivity index (χ1v) is 5.64. The highest BCUT2D eigenvalue weighted by molar-refractivity contribution is 7.14. The summed E-state index contributed by atoms with van der Waals surface area (Å²) in [5.74, 6) is 0. The van der Waals surface area contributed by atoms with Gasteiger partial charge in [0.25, 0.3) is 0 Å². The van der Waals surface area contributed by atoms with Crippen LogP contribution in [-0.2, 0) is 7.05 Å². The summed E-state index contributed by atoms with van der Waals surface area (Å²) in [6, 6.07) is 6.38. The summed E-state index contributed by atoms with van der Waals surface area (Å²) < 4.78 is 2.14. The standard InChI is InChI=1S/C11H14N2S/c1-3-12-11-9(6-8-14-11)10-5-4-7-13(10)2/h4-8,12H,3H2,1-2H3. The van der Waals surface area contributed by atoms with Gasteiger partial charge in [-0.2, -0.15) is 0 Å². The molecular weight excluding hydrogens is 192 g/mol. The Balaban J connectivity index is 2.41. The van der Waals surface area contributed by atoms with Crippen molar-refractivity contribution in [3.05, 3.63) is 29.8 Å². The highest BCUT2D eigenvalue weighted by atomic mass is 32.1. The van der Waals surface area contributed by atoms with E-state index in [2.05, 4.69) is 53.6 Å². The van der Waals surface area contributed by atoms with Crippen LogP contribution in [0.5, 0.6) is 0 Å². The van der Waals surface area contributed by atoms with E-state index in [-0.39, 0.29) is 0 Å². The van der Waals surface area contributed by atoms with Gasteiger partial charge in [-0.25, -0.2) is 0 Å². The van der Waals surface area contributed by atoms with Crippen molar-refractivity contribution in [2.24, 2.45) is 7.05 Å². The third kappa shape index (κ3) is 1.55. The van der Waals surface area contributed by atoms with Gasteiger partial charge in [-0.05, 0) is 30.5 Å². The van der Waals surface area contributed by atoms with E-state index < -0.39 is 0 Å². The van der Waals surface area contributed by atoms with Crippen LogP contribution in [0, 0.1) is 0 Å². The van der Waals surface area contributed by atoms with Crippen LogP contribution >= 0.6 is 11.3 Å². The van der Waals surface area contributed by atoms with E-state index in [1.807, 2.05) is 0 Å². The molecule has 1 N–H and O–H groups in total. The lowest BCUT2D eigenvalue weighted by atomic mass is 10.2. The van der Waals surface area contributed by atoms with Gasteiger partial charge in [0.1, 0.15) is 0 Å². The summed E-state index contributed by atoms with van der Waals surface area (Å²) >= 11 is 1.76. The van der Waals surface area contributed by atoms with Gasteiger partial charge < -0.3 is 9.88 Å². The maximum Gasteiger partial charge on any atom is 0.0977 e. The van der Waals surface area contributed by atoms with Crippen LogP contribution in [0.4, 0.5) is 5.00 Å². The van der Waals surface area contributed by atoms with E-state index in [4.69, 9.17) is 0 Å². The Kier molecular flexibility index (Phi) is 2.59. The normalized spacial score (nSPS) is 10.4. The van der Waals surface area contributed by atoms with Crippen molar-refractivity contribution >= 4 is 16.3 Å². The monoisotopic (exact) mass is 206 g/mol. The fourth-order valence-electron chi connectivity index (χ4n) is 1.55. The van der Waals surface area contributed by atoms with E-state index >= 15 is 0 Å². The number of rotatable bonds is 3. The first-order valence-electron chi connectivity index (χ1n) is 4.76. The van der Waals surface area contributed by atoms with Crippen molar-refractivity contribution in [3.63, 3.8) is 0 Å². The lowest BCUT2D eigenvalue weighted by Gasteiger charge is -2.05. The van der Waals surface area contributed by atoms with Crippen molar-refractivity contribution < 1.29 is 0 Å². The maximum atomic E-state index is 3.38. The first kappa shape index (κ1) is 9.34. The molecule has 0 amide bonds. The molecule has 2 nitrogen and oxygen atoms in total. The second-order valence-electron chi connectivity index (χ2n) is 3.20. The maximum absolute atomic E-state index is 3.38. The fourth-order valence-corrected chi connectivity index (χ4v) is 2.42. The molecule has 2 aromatic heterocycles. The summed E-state index contributed by atoms with van der Waals surface area (Å²) in [7, 11) is 2.07. The van der Waals surface area contributed by atoms with Gasteiger partial charge in [-0.15, -0.1) is 11.3 Å². The van der Waals surface area contributed by atoms with Gasteiger partial charge >= 0.3 is 0 Å². The highest BCUT2D eigenvalue weighted by Gasteiger charge is 2.07. The predicted octanol–water partition coefficient (Wildman–Crippen LogP) is 3.19. The van der Waals surface area contributed by atoms with Crippen LogP contribution in [0.15, 0.2) is 29.8 Å². The Morgan fingerprint density at radius 2 is 2.29 bits per heavy atom. The molecule has 0 bridgehead atoms. The Morgan fingerprint density at radius 1 is 1.43 bits per heavy atom. The van der Waals surface area contributed by atoms with Crippen LogP contribution in [0.3, 0.4) is 0 Å². The van der Waals surface area contributed by atoms with Gasteiger partial charge in [-0.3, -0.25) is 0 Å². The van der Waals surface area contributed by atoms with Gasteiger partial charge in [-0.1, -0.05) is 0 Å². The predicted molar refractivity (Wildman–Crippen MR) is 62.9 cm³/mol. The van der Waals surface area contributed by atoms with Gasteiger partial charge in [0.15, 0.2) is 0 Å². The topological polar surface area (TPSA) is 17.0 Å². The number of hydrogen-bond donors (Lipinski definition) is 1. The van der Waals surface area contributed by atoms with Gasteiger partial charge in [0.05, 0.1) is 10.7 Å². The molecule has 0 aliphatic rings. The average molecular weight is 206 g/mol. The summed E-state index contributed by atoms with van der Waals surface area (Å²) in [4.78, 5) is 0. The number of anilines is 1. The molecule has 14 heavy (non-hydrogen) atoms.